The molecule has 0 saturated heterocycles. The Labute approximate surface area is 120 Å². The van der Waals surface area contributed by atoms with Gasteiger partial charge in [-0.25, -0.2) is 9.78 Å². The van der Waals surface area contributed by atoms with Crippen LogP contribution in [-0.4, -0.2) is 27.2 Å². The van der Waals surface area contributed by atoms with Crippen molar-refractivity contribution in [3.63, 3.8) is 0 Å². The van der Waals surface area contributed by atoms with Crippen LogP contribution in [0.25, 0.3) is 22.3 Å². The molecular weight excluding hydrogens is 268 g/mol. The molecule has 3 aromatic rings. The molecule has 1 N–H and O–H groups in total. The highest BCUT2D eigenvalue weighted by Gasteiger charge is 2.19. The number of para-hydroxylation sites is 1. The van der Waals surface area contributed by atoms with Gasteiger partial charge in [-0.3, -0.25) is 0 Å². The van der Waals surface area contributed by atoms with Gasteiger partial charge in [0, 0.05) is 10.9 Å². The molecule has 0 aliphatic carbocycles. The number of benzene rings is 1. The Morgan fingerprint density at radius 2 is 2.10 bits per heavy atom. The van der Waals surface area contributed by atoms with Gasteiger partial charge in [-0.15, -0.1) is 0 Å². The van der Waals surface area contributed by atoms with E-state index in [1.165, 1.54) is 6.07 Å². The van der Waals surface area contributed by atoms with Crippen LogP contribution in [-0.2, 0) is 6.54 Å². The lowest BCUT2D eigenvalue weighted by Gasteiger charge is -2.05. The van der Waals surface area contributed by atoms with Crippen molar-refractivity contribution in [2.75, 3.05) is 6.61 Å². The van der Waals surface area contributed by atoms with Crippen LogP contribution in [0, 0.1) is 0 Å². The number of nitrogens with zero attached hydrogens (tertiary/aromatic N) is 2. The van der Waals surface area contributed by atoms with Gasteiger partial charge in [-0.05, 0) is 30.3 Å². The smallest absolute Gasteiger partial charge is 0.354 e. The molecule has 104 valence electrons. The number of carbonyl (C=O) groups is 1. The van der Waals surface area contributed by atoms with Gasteiger partial charge in [-0.1, -0.05) is 12.1 Å². The number of ether oxygens (including phenoxy) is 1. The van der Waals surface area contributed by atoms with E-state index in [1.807, 2.05) is 34.9 Å². The molecule has 3 heterocycles. The van der Waals surface area contributed by atoms with E-state index in [0.29, 0.717) is 18.8 Å². The Morgan fingerprint density at radius 3 is 2.95 bits per heavy atom. The Balaban J connectivity index is 2.02. The average molecular weight is 280 g/mol. The van der Waals surface area contributed by atoms with E-state index >= 15 is 0 Å². The van der Waals surface area contributed by atoms with Crippen LogP contribution >= 0.6 is 0 Å². The summed E-state index contributed by atoms with van der Waals surface area (Å²) < 4.78 is 7.77. The summed E-state index contributed by atoms with van der Waals surface area (Å²) >= 11 is 0. The Kier molecular flexibility index (Phi) is 2.47. The second kappa shape index (κ2) is 4.34. The summed E-state index contributed by atoms with van der Waals surface area (Å²) in [6.07, 6.45) is 0. The predicted molar refractivity (Wildman–Crippen MR) is 77.6 cm³/mol. The van der Waals surface area contributed by atoms with Gasteiger partial charge in [0.05, 0.1) is 12.2 Å². The number of carboxylic acids is 1. The maximum absolute atomic E-state index is 11.1. The largest absolute Gasteiger partial charge is 0.491 e. The molecule has 1 aliphatic rings. The van der Waals surface area contributed by atoms with Crippen LogP contribution in [0.15, 0.2) is 42.5 Å². The zero-order valence-electron chi connectivity index (χ0n) is 11.1. The van der Waals surface area contributed by atoms with Gasteiger partial charge in [-0.2, -0.15) is 0 Å². The fourth-order valence-electron chi connectivity index (χ4n) is 2.75. The van der Waals surface area contributed by atoms with Crippen LogP contribution in [0.4, 0.5) is 0 Å². The molecule has 2 aromatic heterocycles. The van der Waals surface area contributed by atoms with Crippen molar-refractivity contribution in [2.24, 2.45) is 0 Å². The first kappa shape index (κ1) is 12.0. The number of aromatic carboxylic acids is 1. The lowest BCUT2D eigenvalue weighted by atomic mass is 10.1. The summed E-state index contributed by atoms with van der Waals surface area (Å²) in [4.78, 5) is 15.4. The molecule has 0 radical (unpaired) electrons. The van der Waals surface area contributed by atoms with E-state index in [9.17, 15) is 4.79 Å². The number of aromatic nitrogens is 2. The van der Waals surface area contributed by atoms with Gasteiger partial charge in [0.1, 0.15) is 18.0 Å². The summed E-state index contributed by atoms with van der Waals surface area (Å²) in [7, 11) is 0. The second-order valence-corrected chi connectivity index (χ2v) is 4.94. The third-order valence-corrected chi connectivity index (χ3v) is 3.70. The van der Waals surface area contributed by atoms with Crippen molar-refractivity contribution < 1.29 is 14.6 Å². The first-order valence-corrected chi connectivity index (χ1v) is 6.70. The minimum Gasteiger partial charge on any atom is -0.491 e. The maximum atomic E-state index is 11.1. The molecule has 0 saturated carbocycles. The third-order valence-electron chi connectivity index (χ3n) is 3.70. The minimum absolute atomic E-state index is 0.0573. The van der Waals surface area contributed by atoms with Crippen molar-refractivity contribution in [3.05, 3.63) is 48.2 Å². The number of pyridine rings is 1. The summed E-state index contributed by atoms with van der Waals surface area (Å²) in [5, 5.41) is 10.0. The molecule has 0 fully saturated rings. The summed E-state index contributed by atoms with van der Waals surface area (Å²) in [5.74, 6) is -0.171. The molecule has 21 heavy (non-hydrogen) atoms. The number of rotatable bonds is 1. The Bertz CT molecular complexity index is 867. The molecule has 0 atom stereocenters. The Hall–Kier alpha value is -2.82. The molecule has 1 aromatic carbocycles. The topological polar surface area (TPSA) is 64.3 Å². The van der Waals surface area contributed by atoms with Crippen molar-refractivity contribution in [3.8, 4) is 17.0 Å². The van der Waals surface area contributed by atoms with Gasteiger partial charge >= 0.3 is 5.97 Å². The van der Waals surface area contributed by atoms with Gasteiger partial charge in [0.25, 0.3) is 0 Å². The van der Waals surface area contributed by atoms with E-state index in [0.717, 1.165) is 22.4 Å². The van der Waals surface area contributed by atoms with Crippen LogP contribution in [0.1, 0.15) is 10.5 Å². The Morgan fingerprint density at radius 1 is 1.24 bits per heavy atom. The van der Waals surface area contributed by atoms with E-state index < -0.39 is 5.97 Å². The third kappa shape index (κ3) is 1.78. The van der Waals surface area contributed by atoms with Crippen molar-refractivity contribution in [1.82, 2.24) is 9.55 Å². The molecule has 1 aliphatic heterocycles. The van der Waals surface area contributed by atoms with E-state index in [-0.39, 0.29) is 5.69 Å². The normalized spacial score (nSPS) is 13.1. The number of carboxylic acid groups (broad SMARTS) is 1. The van der Waals surface area contributed by atoms with E-state index in [4.69, 9.17) is 9.84 Å². The maximum Gasteiger partial charge on any atom is 0.354 e. The monoisotopic (exact) mass is 280 g/mol. The first-order chi connectivity index (χ1) is 10.2. The summed E-state index contributed by atoms with van der Waals surface area (Å²) in [5.41, 5.74) is 2.75. The molecule has 0 amide bonds. The fourth-order valence-corrected chi connectivity index (χ4v) is 2.75. The van der Waals surface area contributed by atoms with E-state index in [1.54, 1.807) is 6.07 Å². The molecule has 0 unspecified atom stereocenters. The van der Waals surface area contributed by atoms with Gasteiger partial charge < -0.3 is 14.4 Å². The van der Waals surface area contributed by atoms with Crippen LogP contribution in [0.2, 0.25) is 0 Å². The van der Waals surface area contributed by atoms with Crippen molar-refractivity contribution >= 4 is 17.0 Å². The molecule has 5 nitrogen and oxygen atoms in total. The van der Waals surface area contributed by atoms with Gasteiger partial charge in [0.2, 0.25) is 0 Å². The van der Waals surface area contributed by atoms with E-state index in [2.05, 4.69) is 4.98 Å². The number of fused-ring (bicyclic) bond motifs is 5. The molecule has 0 bridgehead atoms. The molecule has 4 rings (SSSR count). The number of hydrogen-bond donors (Lipinski definition) is 1. The van der Waals surface area contributed by atoms with Gasteiger partial charge in [0.15, 0.2) is 5.69 Å². The lowest BCUT2D eigenvalue weighted by Crippen LogP contribution is -2.07. The zero-order valence-corrected chi connectivity index (χ0v) is 11.1. The molecular formula is C16H12N2O3. The first-order valence-electron chi connectivity index (χ1n) is 6.70. The predicted octanol–water partition coefficient (Wildman–Crippen LogP) is 2.79. The standard InChI is InChI=1S/C16H12N2O3/c19-16(20)12-6-5-10-9-13-11-3-1-2-4-14(11)21-8-7-18(13)15(10)17-12/h1-6,9H,7-8H2,(H,19,20). The number of hydrogen-bond acceptors (Lipinski definition) is 3. The lowest BCUT2D eigenvalue weighted by molar-refractivity contribution is 0.0691. The van der Waals surface area contributed by atoms with Crippen molar-refractivity contribution in [2.45, 2.75) is 6.54 Å². The zero-order chi connectivity index (χ0) is 14.4. The second-order valence-electron chi connectivity index (χ2n) is 4.94. The van der Waals surface area contributed by atoms with Crippen LogP contribution in [0.5, 0.6) is 5.75 Å². The minimum atomic E-state index is -1.02. The SMILES string of the molecule is O=C(O)c1ccc2cc3n(c2n1)CCOc1ccccc1-3. The fraction of sp³-hybridized carbons (Fsp3) is 0.125. The summed E-state index contributed by atoms with van der Waals surface area (Å²) in [6, 6.07) is 13.2. The molecule has 0 spiro atoms. The van der Waals surface area contributed by atoms with Crippen LogP contribution in [0.3, 0.4) is 0 Å². The highest BCUT2D eigenvalue weighted by atomic mass is 16.5. The molecule has 5 heteroatoms. The summed E-state index contributed by atoms with van der Waals surface area (Å²) in [6.45, 7) is 1.18. The highest BCUT2D eigenvalue weighted by molar-refractivity contribution is 5.91. The van der Waals surface area contributed by atoms with Crippen LogP contribution < -0.4 is 4.74 Å². The highest BCUT2D eigenvalue weighted by Crippen LogP contribution is 2.35. The quantitative estimate of drug-likeness (QED) is 0.744. The average Bonchev–Trinajstić information content (AvgIpc) is 2.75. The van der Waals surface area contributed by atoms with Crippen molar-refractivity contribution in [1.29, 1.82) is 0 Å².